The predicted octanol–water partition coefficient (Wildman–Crippen LogP) is 4.20. The summed E-state index contributed by atoms with van der Waals surface area (Å²) in [5.74, 6) is -0.166. The number of pyridine rings is 1. The van der Waals surface area contributed by atoms with Gasteiger partial charge < -0.3 is 9.88 Å². The molecule has 0 radical (unpaired) electrons. The zero-order valence-corrected chi connectivity index (χ0v) is 13.5. The molecule has 0 bridgehead atoms. The first-order valence-electron chi connectivity index (χ1n) is 6.81. The molecule has 0 aliphatic carbocycles. The molecule has 0 saturated carbocycles. The van der Waals surface area contributed by atoms with Crippen LogP contribution in [0.5, 0.6) is 0 Å². The molecule has 0 spiro atoms. The first-order chi connectivity index (χ1) is 10.6. The zero-order chi connectivity index (χ0) is 15.5. The van der Waals surface area contributed by atoms with Gasteiger partial charge >= 0.3 is 0 Å². The highest BCUT2D eigenvalue weighted by molar-refractivity contribution is 9.10. The minimum Gasteiger partial charge on any atom is -0.324 e. The van der Waals surface area contributed by atoms with Gasteiger partial charge in [-0.05, 0) is 65.3 Å². The average molecular weight is 356 g/mol. The Labute approximate surface area is 136 Å². The van der Waals surface area contributed by atoms with Gasteiger partial charge in [0.25, 0.3) is 5.91 Å². The monoisotopic (exact) mass is 355 g/mol. The van der Waals surface area contributed by atoms with Crippen molar-refractivity contribution in [2.45, 2.75) is 6.92 Å². The predicted molar refractivity (Wildman–Crippen MR) is 90.4 cm³/mol. The SMILES string of the molecule is Cc1ccc(NC(=O)c2cccc(-n3cccc3)c2)c(Br)n1. The molecule has 1 aromatic carbocycles. The standard InChI is InChI=1S/C17H14BrN3O/c1-12-7-8-15(16(18)19-12)20-17(22)13-5-4-6-14(11-13)21-9-2-3-10-21/h2-11H,1H3,(H,20,22). The second-order valence-corrected chi connectivity index (χ2v) is 5.64. The van der Waals surface area contributed by atoms with E-state index in [4.69, 9.17) is 0 Å². The molecule has 0 aliphatic heterocycles. The second-order valence-electron chi connectivity index (χ2n) is 4.89. The number of nitrogens with one attached hydrogen (secondary N) is 1. The normalized spacial score (nSPS) is 10.5. The minimum atomic E-state index is -0.166. The molecule has 2 aromatic heterocycles. The largest absolute Gasteiger partial charge is 0.324 e. The summed E-state index contributed by atoms with van der Waals surface area (Å²) in [4.78, 5) is 16.7. The van der Waals surface area contributed by atoms with Crippen molar-refractivity contribution in [2.24, 2.45) is 0 Å². The summed E-state index contributed by atoms with van der Waals surface area (Å²) in [6, 6.07) is 15.1. The molecule has 3 rings (SSSR count). The van der Waals surface area contributed by atoms with E-state index in [9.17, 15) is 4.79 Å². The van der Waals surface area contributed by atoms with Crippen molar-refractivity contribution < 1.29 is 4.79 Å². The third kappa shape index (κ3) is 3.09. The topological polar surface area (TPSA) is 46.9 Å². The van der Waals surface area contributed by atoms with Crippen molar-refractivity contribution in [3.05, 3.63) is 76.8 Å². The van der Waals surface area contributed by atoms with Crippen molar-refractivity contribution in [2.75, 3.05) is 5.32 Å². The van der Waals surface area contributed by atoms with E-state index in [2.05, 4.69) is 26.2 Å². The maximum absolute atomic E-state index is 12.4. The van der Waals surface area contributed by atoms with Gasteiger partial charge in [0.2, 0.25) is 0 Å². The fraction of sp³-hybridized carbons (Fsp3) is 0.0588. The number of anilines is 1. The van der Waals surface area contributed by atoms with E-state index in [1.807, 2.05) is 66.3 Å². The van der Waals surface area contributed by atoms with Gasteiger partial charge in [-0.2, -0.15) is 0 Å². The Balaban J connectivity index is 1.85. The Morgan fingerprint density at radius 2 is 1.91 bits per heavy atom. The molecule has 110 valence electrons. The molecule has 22 heavy (non-hydrogen) atoms. The van der Waals surface area contributed by atoms with Crippen LogP contribution in [-0.2, 0) is 0 Å². The van der Waals surface area contributed by atoms with Crippen molar-refractivity contribution in [3.8, 4) is 5.69 Å². The molecular formula is C17H14BrN3O. The van der Waals surface area contributed by atoms with E-state index in [-0.39, 0.29) is 5.91 Å². The van der Waals surface area contributed by atoms with Crippen LogP contribution in [0.15, 0.2) is 65.5 Å². The van der Waals surface area contributed by atoms with Crippen LogP contribution in [-0.4, -0.2) is 15.5 Å². The number of benzene rings is 1. The number of nitrogens with zero attached hydrogens (tertiary/aromatic N) is 2. The molecule has 2 heterocycles. The third-order valence-corrected chi connectivity index (χ3v) is 3.85. The number of halogens is 1. The number of rotatable bonds is 3. The Hall–Kier alpha value is -2.40. The molecule has 0 aliphatic rings. The number of aromatic nitrogens is 2. The van der Waals surface area contributed by atoms with Crippen LogP contribution < -0.4 is 5.32 Å². The lowest BCUT2D eigenvalue weighted by Gasteiger charge is -2.09. The summed E-state index contributed by atoms with van der Waals surface area (Å²) in [5, 5.41) is 2.87. The summed E-state index contributed by atoms with van der Waals surface area (Å²) >= 11 is 3.36. The van der Waals surface area contributed by atoms with E-state index >= 15 is 0 Å². The van der Waals surface area contributed by atoms with E-state index < -0.39 is 0 Å². The lowest BCUT2D eigenvalue weighted by molar-refractivity contribution is 0.102. The lowest BCUT2D eigenvalue weighted by Crippen LogP contribution is -2.13. The highest BCUT2D eigenvalue weighted by atomic mass is 79.9. The molecule has 4 nitrogen and oxygen atoms in total. The quantitative estimate of drug-likeness (QED) is 0.715. The van der Waals surface area contributed by atoms with Crippen molar-refractivity contribution in [1.82, 2.24) is 9.55 Å². The molecule has 0 fully saturated rings. The Morgan fingerprint density at radius 3 is 2.64 bits per heavy atom. The number of hydrogen-bond acceptors (Lipinski definition) is 2. The number of carbonyl (C=O) groups excluding carboxylic acids is 1. The number of hydrogen-bond donors (Lipinski definition) is 1. The minimum absolute atomic E-state index is 0.166. The maximum Gasteiger partial charge on any atom is 0.255 e. The highest BCUT2D eigenvalue weighted by Gasteiger charge is 2.10. The first kappa shape index (κ1) is 14.5. The van der Waals surface area contributed by atoms with Gasteiger partial charge in [0.1, 0.15) is 4.60 Å². The summed E-state index contributed by atoms with van der Waals surface area (Å²) in [7, 11) is 0. The fourth-order valence-electron chi connectivity index (χ4n) is 2.13. The van der Waals surface area contributed by atoms with Gasteiger partial charge in [-0.25, -0.2) is 4.98 Å². The average Bonchev–Trinajstić information content (AvgIpc) is 3.04. The van der Waals surface area contributed by atoms with Gasteiger partial charge in [0.15, 0.2) is 0 Å². The molecule has 0 saturated heterocycles. The van der Waals surface area contributed by atoms with Gasteiger partial charge in [-0.1, -0.05) is 6.07 Å². The zero-order valence-electron chi connectivity index (χ0n) is 12.0. The Bertz CT molecular complexity index is 813. The molecule has 0 atom stereocenters. The van der Waals surface area contributed by atoms with Gasteiger partial charge in [0, 0.05) is 29.3 Å². The van der Waals surface area contributed by atoms with E-state index in [1.165, 1.54) is 0 Å². The van der Waals surface area contributed by atoms with Gasteiger partial charge in [0.05, 0.1) is 5.69 Å². The molecule has 1 amide bonds. The molecule has 5 heteroatoms. The second kappa shape index (κ2) is 6.15. The van der Waals surface area contributed by atoms with Gasteiger partial charge in [-0.15, -0.1) is 0 Å². The fourth-order valence-corrected chi connectivity index (χ4v) is 2.64. The molecule has 0 unspecified atom stereocenters. The first-order valence-corrected chi connectivity index (χ1v) is 7.61. The summed E-state index contributed by atoms with van der Waals surface area (Å²) in [6.07, 6.45) is 3.88. The van der Waals surface area contributed by atoms with Crippen LogP contribution in [0.2, 0.25) is 0 Å². The van der Waals surface area contributed by atoms with Crippen molar-refractivity contribution >= 4 is 27.5 Å². The maximum atomic E-state index is 12.4. The van der Waals surface area contributed by atoms with Crippen LogP contribution in [0.3, 0.4) is 0 Å². The van der Waals surface area contributed by atoms with Crippen LogP contribution in [0, 0.1) is 6.92 Å². The molecule has 3 aromatic rings. The van der Waals surface area contributed by atoms with E-state index in [1.54, 1.807) is 6.07 Å². The Morgan fingerprint density at radius 1 is 1.14 bits per heavy atom. The summed E-state index contributed by atoms with van der Waals surface area (Å²) in [6.45, 7) is 1.90. The highest BCUT2D eigenvalue weighted by Crippen LogP contribution is 2.21. The van der Waals surface area contributed by atoms with Crippen molar-refractivity contribution in [1.29, 1.82) is 0 Å². The smallest absolute Gasteiger partial charge is 0.255 e. The molecule has 1 N–H and O–H groups in total. The van der Waals surface area contributed by atoms with Crippen LogP contribution in [0.4, 0.5) is 5.69 Å². The van der Waals surface area contributed by atoms with Crippen LogP contribution in [0.1, 0.15) is 16.1 Å². The van der Waals surface area contributed by atoms with E-state index in [0.29, 0.717) is 15.9 Å². The van der Waals surface area contributed by atoms with E-state index in [0.717, 1.165) is 11.4 Å². The van der Waals surface area contributed by atoms with Crippen molar-refractivity contribution in [3.63, 3.8) is 0 Å². The summed E-state index contributed by atoms with van der Waals surface area (Å²) < 4.78 is 2.59. The third-order valence-electron chi connectivity index (χ3n) is 3.25. The Kier molecular flexibility index (Phi) is 4.06. The summed E-state index contributed by atoms with van der Waals surface area (Å²) in [5.41, 5.74) is 3.08. The number of amides is 1. The van der Waals surface area contributed by atoms with Gasteiger partial charge in [-0.3, -0.25) is 4.79 Å². The molecular weight excluding hydrogens is 342 g/mol. The lowest BCUT2D eigenvalue weighted by atomic mass is 10.2. The van der Waals surface area contributed by atoms with Crippen LogP contribution >= 0.6 is 15.9 Å². The number of aryl methyl sites for hydroxylation is 1. The number of carbonyl (C=O) groups is 1. The van der Waals surface area contributed by atoms with Crippen LogP contribution in [0.25, 0.3) is 5.69 Å².